The van der Waals surface area contributed by atoms with Crippen molar-refractivity contribution in [3.05, 3.63) is 0 Å². The second-order valence-corrected chi connectivity index (χ2v) is 7.46. The van der Waals surface area contributed by atoms with Crippen LogP contribution in [-0.2, 0) is 14.8 Å². The SMILES string of the molecule is CC(C)OCCCNC(=O)N1CCCC(NS(C)(=O)=O)C1. The van der Waals surface area contributed by atoms with E-state index in [0.29, 0.717) is 26.2 Å². The Kier molecular flexibility index (Phi) is 7.41. The van der Waals surface area contributed by atoms with Crippen molar-refractivity contribution in [2.75, 3.05) is 32.5 Å². The number of hydrogen-bond donors (Lipinski definition) is 2. The lowest BCUT2D eigenvalue weighted by atomic mass is 10.1. The van der Waals surface area contributed by atoms with E-state index >= 15 is 0 Å². The van der Waals surface area contributed by atoms with E-state index in [4.69, 9.17) is 4.74 Å². The third kappa shape index (κ3) is 8.23. The number of ether oxygens (including phenoxy) is 1. The van der Waals surface area contributed by atoms with Gasteiger partial charge in [0.15, 0.2) is 0 Å². The van der Waals surface area contributed by atoms with Crippen molar-refractivity contribution in [3.8, 4) is 0 Å². The number of rotatable bonds is 7. The van der Waals surface area contributed by atoms with Gasteiger partial charge in [0.2, 0.25) is 10.0 Å². The predicted molar refractivity (Wildman–Crippen MR) is 81.7 cm³/mol. The van der Waals surface area contributed by atoms with E-state index < -0.39 is 10.0 Å². The van der Waals surface area contributed by atoms with Crippen LogP contribution in [0.3, 0.4) is 0 Å². The van der Waals surface area contributed by atoms with Gasteiger partial charge in [-0.1, -0.05) is 0 Å². The summed E-state index contributed by atoms with van der Waals surface area (Å²) in [6, 6.07) is -0.330. The van der Waals surface area contributed by atoms with Gasteiger partial charge in [-0.2, -0.15) is 0 Å². The fraction of sp³-hybridized carbons (Fsp3) is 0.923. The van der Waals surface area contributed by atoms with Gasteiger partial charge in [-0.3, -0.25) is 0 Å². The number of amides is 2. The van der Waals surface area contributed by atoms with E-state index in [0.717, 1.165) is 25.5 Å². The minimum atomic E-state index is -3.23. The Morgan fingerprint density at radius 1 is 1.43 bits per heavy atom. The Bertz CT molecular complexity index is 425. The molecule has 1 fully saturated rings. The molecular weight excluding hydrogens is 294 g/mol. The molecule has 124 valence electrons. The van der Waals surface area contributed by atoms with Crippen LogP contribution >= 0.6 is 0 Å². The average molecular weight is 321 g/mol. The van der Waals surface area contributed by atoms with Gasteiger partial charge >= 0.3 is 6.03 Å². The average Bonchev–Trinajstić information content (AvgIpc) is 2.36. The summed E-state index contributed by atoms with van der Waals surface area (Å²) in [4.78, 5) is 13.7. The van der Waals surface area contributed by atoms with Crippen LogP contribution in [0, 0.1) is 0 Å². The summed E-state index contributed by atoms with van der Waals surface area (Å²) in [5, 5.41) is 2.84. The van der Waals surface area contributed by atoms with E-state index in [1.807, 2.05) is 13.8 Å². The number of likely N-dealkylation sites (tertiary alicyclic amines) is 1. The molecule has 0 bridgehead atoms. The first-order valence-corrected chi connectivity index (χ1v) is 9.29. The minimum Gasteiger partial charge on any atom is -0.379 e. The van der Waals surface area contributed by atoms with Gasteiger partial charge in [-0.05, 0) is 33.1 Å². The highest BCUT2D eigenvalue weighted by Crippen LogP contribution is 2.10. The zero-order valence-electron chi connectivity index (χ0n) is 13.1. The summed E-state index contributed by atoms with van der Waals surface area (Å²) in [7, 11) is -3.23. The summed E-state index contributed by atoms with van der Waals surface area (Å²) in [6.07, 6.45) is 3.67. The Hall–Kier alpha value is -0.860. The highest BCUT2D eigenvalue weighted by Gasteiger charge is 2.25. The van der Waals surface area contributed by atoms with Crippen LogP contribution in [0.5, 0.6) is 0 Å². The number of sulfonamides is 1. The van der Waals surface area contributed by atoms with Gasteiger partial charge < -0.3 is 15.0 Å². The van der Waals surface area contributed by atoms with Crippen LogP contribution in [0.4, 0.5) is 4.79 Å². The smallest absolute Gasteiger partial charge is 0.317 e. The van der Waals surface area contributed by atoms with Crippen molar-refractivity contribution < 1.29 is 17.9 Å². The second kappa shape index (κ2) is 8.55. The van der Waals surface area contributed by atoms with E-state index in [2.05, 4.69) is 10.0 Å². The molecule has 1 saturated heterocycles. The van der Waals surface area contributed by atoms with Crippen LogP contribution in [0.25, 0.3) is 0 Å². The maximum atomic E-state index is 12.0. The van der Waals surface area contributed by atoms with Gasteiger partial charge in [-0.25, -0.2) is 17.9 Å². The molecule has 1 rings (SSSR count). The molecule has 2 amide bonds. The molecule has 21 heavy (non-hydrogen) atoms. The molecule has 1 unspecified atom stereocenters. The number of hydrogen-bond acceptors (Lipinski definition) is 4. The van der Waals surface area contributed by atoms with Gasteiger partial charge in [-0.15, -0.1) is 0 Å². The third-order valence-corrected chi connectivity index (χ3v) is 3.90. The highest BCUT2D eigenvalue weighted by molar-refractivity contribution is 7.88. The topological polar surface area (TPSA) is 87.7 Å². The molecule has 0 spiro atoms. The Balaban J connectivity index is 2.27. The van der Waals surface area contributed by atoms with E-state index in [1.54, 1.807) is 4.90 Å². The predicted octanol–water partition coefficient (Wildman–Crippen LogP) is 0.525. The first-order chi connectivity index (χ1) is 9.78. The Morgan fingerprint density at radius 3 is 2.76 bits per heavy atom. The number of carbonyl (C=O) groups excluding carboxylic acids is 1. The fourth-order valence-electron chi connectivity index (χ4n) is 2.26. The number of piperidine rings is 1. The summed E-state index contributed by atoms with van der Waals surface area (Å²) in [6.45, 7) is 6.21. The molecule has 1 aliphatic heterocycles. The zero-order chi connectivity index (χ0) is 15.9. The van der Waals surface area contributed by atoms with E-state index in [9.17, 15) is 13.2 Å². The van der Waals surface area contributed by atoms with Crippen LogP contribution in [0.2, 0.25) is 0 Å². The molecule has 7 nitrogen and oxygen atoms in total. The summed E-state index contributed by atoms with van der Waals surface area (Å²) in [5.74, 6) is 0. The molecule has 1 atom stereocenters. The lowest BCUT2D eigenvalue weighted by Crippen LogP contribution is -2.52. The molecule has 0 aromatic rings. The van der Waals surface area contributed by atoms with Crippen molar-refractivity contribution in [3.63, 3.8) is 0 Å². The molecule has 1 aliphatic rings. The van der Waals surface area contributed by atoms with Crippen LogP contribution in [-0.4, -0.2) is 64.0 Å². The normalized spacial score (nSPS) is 19.8. The third-order valence-electron chi connectivity index (χ3n) is 3.14. The summed E-state index contributed by atoms with van der Waals surface area (Å²) >= 11 is 0. The second-order valence-electron chi connectivity index (χ2n) is 5.68. The summed E-state index contributed by atoms with van der Waals surface area (Å²) < 4.78 is 30.4. The molecule has 0 saturated carbocycles. The van der Waals surface area contributed by atoms with Crippen molar-refractivity contribution in [1.82, 2.24) is 14.9 Å². The first-order valence-electron chi connectivity index (χ1n) is 7.39. The van der Waals surface area contributed by atoms with Gasteiger partial charge in [0.05, 0.1) is 12.4 Å². The largest absolute Gasteiger partial charge is 0.379 e. The highest BCUT2D eigenvalue weighted by atomic mass is 32.2. The van der Waals surface area contributed by atoms with E-state index in [1.165, 1.54) is 0 Å². The number of nitrogens with one attached hydrogen (secondary N) is 2. The fourth-order valence-corrected chi connectivity index (χ4v) is 3.06. The maximum absolute atomic E-state index is 12.0. The zero-order valence-corrected chi connectivity index (χ0v) is 13.9. The first kappa shape index (κ1) is 18.2. The molecule has 0 aromatic heterocycles. The minimum absolute atomic E-state index is 0.139. The van der Waals surface area contributed by atoms with Gasteiger partial charge in [0, 0.05) is 32.3 Å². The van der Waals surface area contributed by atoms with Crippen LogP contribution < -0.4 is 10.0 Å². The van der Waals surface area contributed by atoms with Gasteiger partial charge in [0.1, 0.15) is 0 Å². The molecule has 0 aromatic carbocycles. The molecule has 8 heteroatoms. The van der Waals surface area contributed by atoms with E-state index in [-0.39, 0.29) is 18.2 Å². The van der Waals surface area contributed by atoms with Gasteiger partial charge in [0.25, 0.3) is 0 Å². The molecule has 0 radical (unpaired) electrons. The molecular formula is C13H27N3O4S. The van der Waals surface area contributed by atoms with Crippen molar-refractivity contribution in [2.24, 2.45) is 0 Å². The standard InChI is InChI=1S/C13H27N3O4S/c1-11(2)20-9-5-7-14-13(17)16-8-4-6-12(10-16)15-21(3,18)19/h11-12,15H,4-10H2,1-3H3,(H,14,17). The molecule has 0 aliphatic carbocycles. The number of nitrogens with zero attached hydrogens (tertiary/aromatic N) is 1. The number of carbonyl (C=O) groups is 1. The van der Waals surface area contributed by atoms with Crippen LogP contribution in [0.1, 0.15) is 33.1 Å². The van der Waals surface area contributed by atoms with Crippen molar-refractivity contribution >= 4 is 16.1 Å². The quantitative estimate of drug-likeness (QED) is 0.669. The van der Waals surface area contributed by atoms with Crippen molar-refractivity contribution in [2.45, 2.75) is 45.3 Å². The maximum Gasteiger partial charge on any atom is 0.317 e. The number of urea groups is 1. The summed E-state index contributed by atoms with van der Waals surface area (Å²) in [5.41, 5.74) is 0. The Morgan fingerprint density at radius 2 is 2.14 bits per heavy atom. The van der Waals surface area contributed by atoms with Crippen LogP contribution in [0.15, 0.2) is 0 Å². The molecule has 2 N–H and O–H groups in total. The lowest BCUT2D eigenvalue weighted by Gasteiger charge is -2.32. The lowest BCUT2D eigenvalue weighted by molar-refractivity contribution is 0.0770. The molecule has 1 heterocycles. The van der Waals surface area contributed by atoms with Crippen molar-refractivity contribution in [1.29, 1.82) is 0 Å². The monoisotopic (exact) mass is 321 g/mol. The Labute approximate surface area is 127 Å².